The van der Waals surface area contributed by atoms with Crippen LogP contribution in [0, 0.1) is 11.7 Å². The first-order chi connectivity index (χ1) is 15.4. The second kappa shape index (κ2) is 9.87. The smallest absolute Gasteiger partial charge is 0.243 e. The van der Waals surface area contributed by atoms with Crippen LogP contribution in [0.1, 0.15) is 18.4 Å². The van der Waals surface area contributed by atoms with Crippen LogP contribution in [-0.4, -0.2) is 67.7 Å². The predicted octanol–water partition coefficient (Wildman–Crippen LogP) is 3.22. The van der Waals surface area contributed by atoms with E-state index < -0.39 is 10.0 Å². The average Bonchev–Trinajstić information content (AvgIpc) is 2.82. The van der Waals surface area contributed by atoms with Crippen molar-refractivity contribution in [2.75, 3.05) is 39.3 Å². The van der Waals surface area contributed by atoms with Gasteiger partial charge in [0, 0.05) is 62.3 Å². The molecule has 0 spiro atoms. The molecular formula is C23H27ClFN3O3S. The van der Waals surface area contributed by atoms with Crippen molar-refractivity contribution in [3.63, 3.8) is 0 Å². The Labute approximate surface area is 193 Å². The Morgan fingerprint density at radius 1 is 0.938 bits per heavy atom. The first-order valence-corrected chi connectivity index (χ1v) is 12.7. The van der Waals surface area contributed by atoms with E-state index in [0.717, 1.165) is 0 Å². The van der Waals surface area contributed by atoms with Crippen molar-refractivity contribution in [1.82, 2.24) is 14.1 Å². The molecule has 0 aromatic heterocycles. The van der Waals surface area contributed by atoms with Gasteiger partial charge in [0.25, 0.3) is 0 Å². The summed E-state index contributed by atoms with van der Waals surface area (Å²) in [6.07, 6.45) is 1.05. The van der Waals surface area contributed by atoms with E-state index in [-0.39, 0.29) is 22.5 Å². The average molecular weight is 480 g/mol. The van der Waals surface area contributed by atoms with Gasteiger partial charge >= 0.3 is 0 Å². The molecule has 2 aliphatic rings. The van der Waals surface area contributed by atoms with Crippen LogP contribution >= 0.6 is 11.6 Å². The van der Waals surface area contributed by atoms with Crippen molar-refractivity contribution in [2.45, 2.75) is 24.3 Å². The molecule has 2 heterocycles. The summed E-state index contributed by atoms with van der Waals surface area (Å²) in [6, 6.07) is 13.1. The van der Waals surface area contributed by atoms with Crippen LogP contribution in [0.2, 0.25) is 5.02 Å². The molecule has 0 N–H and O–H groups in total. The van der Waals surface area contributed by atoms with E-state index in [9.17, 15) is 17.6 Å². The van der Waals surface area contributed by atoms with Crippen molar-refractivity contribution in [3.05, 3.63) is 64.9 Å². The lowest BCUT2D eigenvalue weighted by Gasteiger charge is -2.38. The van der Waals surface area contributed by atoms with Crippen molar-refractivity contribution in [1.29, 1.82) is 0 Å². The molecule has 6 nitrogen and oxygen atoms in total. The molecule has 32 heavy (non-hydrogen) atoms. The fourth-order valence-corrected chi connectivity index (χ4v) is 6.09. The molecule has 0 aliphatic carbocycles. The third kappa shape index (κ3) is 4.98. The number of sulfonamides is 1. The van der Waals surface area contributed by atoms with Crippen LogP contribution in [0.15, 0.2) is 53.4 Å². The number of nitrogens with zero attached hydrogens (tertiary/aromatic N) is 3. The summed E-state index contributed by atoms with van der Waals surface area (Å²) >= 11 is 6.13. The van der Waals surface area contributed by atoms with Gasteiger partial charge in [-0.25, -0.2) is 12.8 Å². The number of benzene rings is 2. The summed E-state index contributed by atoms with van der Waals surface area (Å²) in [5, 5.41) is 0.417. The monoisotopic (exact) mass is 479 g/mol. The zero-order valence-corrected chi connectivity index (χ0v) is 19.4. The molecule has 2 aliphatic heterocycles. The minimum Gasteiger partial charge on any atom is -0.340 e. The van der Waals surface area contributed by atoms with E-state index in [1.807, 2.05) is 4.90 Å². The van der Waals surface area contributed by atoms with Crippen molar-refractivity contribution >= 4 is 27.5 Å². The molecule has 0 bridgehead atoms. The Balaban J connectivity index is 1.28. The first-order valence-electron chi connectivity index (χ1n) is 10.9. The van der Waals surface area contributed by atoms with Crippen LogP contribution in [0.3, 0.4) is 0 Å². The summed E-state index contributed by atoms with van der Waals surface area (Å²) in [5.74, 6) is -0.386. The number of hydrogen-bond acceptors (Lipinski definition) is 4. The topological polar surface area (TPSA) is 60.9 Å². The molecule has 2 aromatic carbocycles. The van der Waals surface area contributed by atoms with E-state index in [4.69, 9.17) is 11.6 Å². The first kappa shape index (κ1) is 23.2. The van der Waals surface area contributed by atoms with Crippen LogP contribution in [0.4, 0.5) is 4.39 Å². The van der Waals surface area contributed by atoms with Crippen LogP contribution in [-0.2, 0) is 21.4 Å². The molecule has 9 heteroatoms. The molecule has 0 unspecified atom stereocenters. The van der Waals surface area contributed by atoms with Gasteiger partial charge in [0.1, 0.15) is 5.82 Å². The Morgan fingerprint density at radius 2 is 1.59 bits per heavy atom. The summed E-state index contributed by atoms with van der Waals surface area (Å²) in [6.45, 7) is 3.57. The van der Waals surface area contributed by atoms with Crippen molar-refractivity contribution in [3.8, 4) is 0 Å². The van der Waals surface area contributed by atoms with E-state index in [2.05, 4.69) is 4.90 Å². The molecule has 0 atom stereocenters. The van der Waals surface area contributed by atoms with E-state index in [1.165, 1.54) is 10.4 Å². The summed E-state index contributed by atoms with van der Waals surface area (Å²) < 4.78 is 41.1. The highest BCUT2D eigenvalue weighted by Gasteiger charge is 2.34. The molecule has 0 saturated carbocycles. The van der Waals surface area contributed by atoms with Gasteiger partial charge in [-0.1, -0.05) is 35.9 Å². The lowest BCUT2D eigenvalue weighted by atomic mass is 9.96. The predicted molar refractivity (Wildman–Crippen MR) is 121 cm³/mol. The highest BCUT2D eigenvalue weighted by Crippen LogP contribution is 2.26. The van der Waals surface area contributed by atoms with Gasteiger partial charge in [-0.3, -0.25) is 9.69 Å². The van der Waals surface area contributed by atoms with Gasteiger partial charge < -0.3 is 4.90 Å². The largest absolute Gasteiger partial charge is 0.340 e. The highest BCUT2D eigenvalue weighted by atomic mass is 35.5. The SMILES string of the molecule is O=C(C1CCN(S(=O)(=O)c2ccccc2)CC1)N1CCN(Cc2c(F)cccc2Cl)CC1. The lowest BCUT2D eigenvalue weighted by Crippen LogP contribution is -2.51. The number of hydrogen-bond donors (Lipinski definition) is 0. The minimum absolute atomic E-state index is 0.0883. The summed E-state index contributed by atoms with van der Waals surface area (Å²) in [4.78, 5) is 17.3. The van der Waals surface area contributed by atoms with Gasteiger partial charge in [0.15, 0.2) is 0 Å². The molecule has 1 amide bonds. The number of carbonyl (C=O) groups is 1. The van der Waals surface area contributed by atoms with Crippen molar-refractivity contribution in [2.24, 2.45) is 5.92 Å². The fourth-order valence-electron chi connectivity index (χ4n) is 4.38. The fraction of sp³-hybridized carbons (Fsp3) is 0.435. The van der Waals surface area contributed by atoms with Gasteiger partial charge in [-0.15, -0.1) is 0 Å². The van der Waals surface area contributed by atoms with Gasteiger partial charge in [-0.05, 0) is 37.1 Å². The molecule has 172 valence electrons. The third-order valence-electron chi connectivity index (χ3n) is 6.31. The maximum absolute atomic E-state index is 14.1. The molecular weight excluding hydrogens is 453 g/mol. The van der Waals surface area contributed by atoms with Gasteiger partial charge in [-0.2, -0.15) is 4.31 Å². The number of rotatable bonds is 5. The number of carbonyl (C=O) groups excluding carboxylic acids is 1. The Hall–Kier alpha value is -2.00. The van der Waals surface area contributed by atoms with Crippen LogP contribution in [0.25, 0.3) is 0 Å². The number of halogens is 2. The quantitative estimate of drug-likeness (QED) is 0.660. The minimum atomic E-state index is -3.52. The molecule has 2 aromatic rings. The van der Waals surface area contributed by atoms with Crippen LogP contribution in [0.5, 0.6) is 0 Å². The second-order valence-corrected chi connectivity index (χ2v) is 10.6. The Bertz CT molecular complexity index is 1030. The zero-order valence-electron chi connectivity index (χ0n) is 17.8. The van der Waals surface area contributed by atoms with E-state index in [1.54, 1.807) is 42.5 Å². The summed E-state index contributed by atoms with van der Waals surface area (Å²) in [7, 11) is -3.52. The maximum Gasteiger partial charge on any atom is 0.243 e. The van der Waals surface area contributed by atoms with Gasteiger partial charge in [0.2, 0.25) is 15.9 Å². The normalized spacial score (nSPS) is 19.2. The van der Waals surface area contributed by atoms with E-state index >= 15 is 0 Å². The second-order valence-electron chi connectivity index (χ2n) is 8.29. The molecule has 0 radical (unpaired) electrons. The molecule has 4 rings (SSSR count). The van der Waals surface area contributed by atoms with Gasteiger partial charge in [0.05, 0.1) is 4.90 Å². The molecule has 2 saturated heterocycles. The van der Waals surface area contributed by atoms with Crippen molar-refractivity contribution < 1.29 is 17.6 Å². The maximum atomic E-state index is 14.1. The summed E-state index contributed by atoms with van der Waals surface area (Å²) in [5.41, 5.74) is 0.487. The zero-order chi connectivity index (χ0) is 22.7. The Kier molecular flexibility index (Phi) is 7.14. The third-order valence-corrected chi connectivity index (χ3v) is 8.58. The number of piperazine rings is 1. The highest BCUT2D eigenvalue weighted by molar-refractivity contribution is 7.89. The van der Waals surface area contributed by atoms with E-state index in [0.29, 0.717) is 69.2 Å². The van der Waals surface area contributed by atoms with Crippen LogP contribution < -0.4 is 0 Å². The standard InChI is InChI=1S/C23H27ClFN3O3S/c24-21-7-4-8-22(25)20(21)17-26-13-15-27(16-14-26)23(29)18-9-11-28(12-10-18)32(30,31)19-5-2-1-3-6-19/h1-8,18H,9-17H2. The molecule has 2 fully saturated rings. The number of piperidine rings is 1. The Morgan fingerprint density at radius 3 is 2.22 bits per heavy atom. The number of amides is 1. The lowest BCUT2D eigenvalue weighted by molar-refractivity contribution is -0.138.